The van der Waals surface area contributed by atoms with E-state index in [0.717, 1.165) is 29.2 Å². The second-order valence-electron chi connectivity index (χ2n) is 7.12. The van der Waals surface area contributed by atoms with Gasteiger partial charge in [0.05, 0.1) is 12.1 Å². The van der Waals surface area contributed by atoms with Gasteiger partial charge in [-0.2, -0.15) is 5.10 Å². The van der Waals surface area contributed by atoms with Crippen molar-refractivity contribution >= 4 is 23.6 Å². The summed E-state index contributed by atoms with van der Waals surface area (Å²) in [5.41, 5.74) is 2.98. The molecule has 0 saturated heterocycles. The predicted molar refractivity (Wildman–Crippen MR) is 114 cm³/mol. The molecule has 144 valence electrons. The first-order valence-corrected chi connectivity index (χ1v) is 9.73. The van der Waals surface area contributed by atoms with Gasteiger partial charge in [-0.3, -0.25) is 0 Å². The highest BCUT2D eigenvalue weighted by atomic mass is 32.1. The van der Waals surface area contributed by atoms with E-state index in [1.54, 1.807) is 17.5 Å². The molecule has 1 N–H and O–H groups in total. The van der Waals surface area contributed by atoms with Gasteiger partial charge in [0.25, 0.3) is 0 Å². The molecule has 0 aliphatic rings. The third-order valence-corrected chi connectivity index (χ3v) is 4.57. The van der Waals surface area contributed by atoms with Crippen molar-refractivity contribution in [2.45, 2.75) is 33.2 Å². The monoisotopic (exact) mass is 393 g/mol. The molecule has 3 rings (SSSR count). The molecular weight excluding hydrogens is 370 g/mol. The summed E-state index contributed by atoms with van der Waals surface area (Å²) in [7, 11) is 0. The third-order valence-electron chi connectivity index (χ3n) is 4.40. The van der Waals surface area contributed by atoms with Crippen LogP contribution in [0.1, 0.15) is 41.4 Å². The van der Waals surface area contributed by atoms with Gasteiger partial charge in [-0.15, -0.1) is 0 Å². The molecule has 0 saturated carbocycles. The number of rotatable bonds is 8. The maximum Gasteiger partial charge on any atom is 0.336 e. The molecule has 0 bridgehead atoms. The summed E-state index contributed by atoms with van der Waals surface area (Å²) in [5, 5.41) is 15.6. The first-order chi connectivity index (χ1) is 13.5. The van der Waals surface area contributed by atoms with Gasteiger partial charge in [0.1, 0.15) is 5.82 Å². The Morgan fingerprint density at radius 3 is 2.54 bits per heavy atom. The van der Waals surface area contributed by atoms with E-state index >= 15 is 0 Å². The van der Waals surface area contributed by atoms with Crippen molar-refractivity contribution in [2.24, 2.45) is 5.92 Å². The molecule has 0 fully saturated rings. The van der Waals surface area contributed by atoms with Crippen LogP contribution in [0.5, 0.6) is 0 Å². The van der Waals surface area contributed by atoms with E-state index in [2.05, 4.69) is 23.9 Å². The molecule has 6 heteroatoms. The fourth-order valence-corrected chi connectivity index (χ4v) is 3.26. The minimum Gasteiger partial charge on any atom is -0.478 e. The van der Waals surface area contributed by atoms with Crippen LogP contribution in [0.3, 0.4) is 0 Å². The Hall–Kier alpha value is -2.86. The lowest BCUT2D eigenvalue weighted by atomic mass is 9.99. The Morgan fingerprint density at radius 1 is 1.18 bits per heavy atom. The van der Waals surface area contributed by atoms with Crippen molar-refractivity contribution in [3.05, 3.63) is 71.3 Å². The number of carboxylic acids is 1. The summed E-state index contributed by atoms with van der Waals surface area (Å²) in [6, 6.07) is 15.0. The average Bonchev–Trinajstić information content (AvgIpc) is 3.03. The summed E-state index contributed by atoms with van der Waals surface area (Å²) in [4.78, 5) is 16.1. The number of thiocarbonyl (C=S) groups is 1. The van der Waals surface area contributed by atoms with Crippen LogP contribution in [0.4, 0.5) is 0 Å². The molecule has 3 aromatic rings. The quantitative estimate of drug-likeness (QED) is 0.573. The molecule has 0 aliphatic heterocycles. The molecule has 2 aromatic carbocycles. The van der Waals surface area contributed by atoms with Crippen molar-refractivity contribution in [3.63, 3.8) is 0 Å². The highest BCUT2D eigenvalue weighted by Crippen LogP contribution is 2.24. The molecule has 0 spiro atoms. The van der Waals surface area contributed by atoms with E-state index in [-0.39, 0.29) is 0 Å². The maximum absolute atomic E-state index is 11.5. The van der Waals surface area contributed by atoms with Gasteiger partial charge in [0, 0.05) is 12.8 Å². The van der Waals surface area contributed by atoms with Crippen molar-refractivity contribution in [1.82, 2.24) is 14.8 Å². The van der Waals surface area contributed by atoms with E-state index in [4.69, 9.17) is 12.2 Å². The smallest absolute Gasteiger partial charge is 0.336 e. The van der Waals surface area contributed by atoms with E-state index in [1.165, 1.54) is 0 Å². The summed E-state index contributed by atoms with van der Waals surface area (Å²) >= 11 is 4.94. The van der Waals surface area contributed by atoms with Gasteiger partial charge < -0.3 is 5.11 Å². The number of nitrogens with zero attached hydrogens (tertiary/aromatic N) is 3. The molecule has 0 unspecified atom stereocenters. The number of benzene rings is 2. The Morgan fingerprint density at radius 2 is 1.89 bits per heavy atom. The van der Waals surface area contributed by atoms with Gasteiger partial charge in [-0.1, -0.05) is 68.5 Å². The van der Waals surface area contributed by atoms with Crippen LogP contribution in [0.15, 0.2) is 48.5 Å². The van der Waals surface area contributed by atoms with Crippen molar-refractivity contribution in [3.8, 4) is 11.1 Å². The van der Waals surface area contributed by atoms with Crippen molar-refractivity contribution in [1.29, 1.82) is 0 Å². The van der Waals surface area contributed by atoms with Gasteiger partial charge in [0.15, 0.2) is 5.82 Å². The topological polar surface area (TPSA) is 68.0 Å². The fraction of sp³-hybridized carbons (Fsp3) is 0.273. The van der Waals surface area contributed by atoms with Crippen LogP contribution in [0.25, 0.3) is 11.1 Å². The molecule has 0 radical (unpaired) electrons. The lowest BCUT2D eigenvalue weighted by Crippen LogP contribution is -2.09. The molecule has 28 heavy (non-hydrogen) atoms. The lowest BCUT2D eigenvalue weighted by molar-refractivity contribution is 0.0697. The number of aromatic nitrogens is 3. The van der Waals surface area contributed by atoms with Crippen LogP contribution in [0.2, 0.25) is 0 Å². The third kappa shape index (κ3) is 4.70. The zero-order chi connectivity index (χ0) is 20.1. The predicted octanol–water partition coefficient (Wildman–Crippen LogP) is 4.43. The van der Waals surface area contributed by atoms with Crippen LogP contribution >= 0.6 is 12.2 Å². The lowest BCUT2D eigenvalue weighted by Gasteiger charge is -2.10. The normalized spacial score (nSPS) is 11.0. The van der Waals surface area contributed by atoms with Gasteiger partial charge in [-0.25, -0.2) is 14.5 Å². The highest BCUT2D eigenvalue weighted by Gasteiger charge is 2.13. The minimum atomic E-state index is -0.924. The van der Waals surface area contributed by atoms with Gasteiger partial charge >= 0.3 is 5.97 Å². The maximum atomic E-state index is 11.5. The number of carboxylic acid groups (broad SMARTS) is 1. The van der Waals surface area contributed by atoms with E-state index < -0.39 is 5.97 Å². The molecule has 1 heterocycles. The minimum absolute atomic E-state index is 0.301. The molecule has 5 nitrogen and oxygen atoms in total. The Balaban J connectivity index is 1.85. The standard InChI is InChI=1S/C22H23N3O2S/c1-15(2)13-21-23-20(11-12-28)24-25(21)14-16-7-9-17(10-8-16)18-5-3-4-6-19(18)22(26)27/h3-10,12,15H,11,13-14H2,1-2H3,(H,26,27). The summed E-state index contributed by atoms with van der Waals surface area (Å²) in [6.07, 6.45) is 1.44. The highest BCUT2D eigenvalue weighted by molar-refractivity contribution is 7.78. The summed E-state index contributed by atoms with van der Waals surface area (Å²) in [6.45, 7) is 4.94. The van der Waals surface area contributed by atoms with Crippen LogP contribution in [-0.2, 0) is 19.4 Å². The van der Waals surface area contributed by atoms with Gasteiger partial charge in [-0.05, 0) is 34.0 Å². The zero-order valence-electron chi connectivity index (χ0n) is 16.0. The number of hydrogen-bond donors (Lipinski definition) is 1. The molecule has 0 atom stereocenters. The fourth-order valence-electron chi connectivity index (χ4n) is 3.11. The average molecular weight is 394 g/mol. The second kappa shape index (κ2) is 8.89. The number of aromatic carboxylic acids is 1. The van der Waals surface area contributed by atoms with E-state index in [0.29, 0.717) is 30.0 Å². The Labute approximate surface area is 170 Å². The zero-order valence-corrected chi connectivity index (χ0v) is 16.8. The first kappa shape index (κ1) is 19.9. The number of hydrogen-bond acceptors (Lipinski definition) is 4. The van der Waals surface area contributed by atoms with Crippen LogP contribution < -0.4 is 0 Å². The van der Waals surface area contributed by atoms with Gasteiger partial charge in [0.2, 0.25) is 0 Å². The van der Waals surface area contributed by atoms with Crippen LogP contribution in [0, 0.1) is 5.92 Å². The van der Waals surface area contributed by atoms with Crippen molar-refractivity contribution in [2.75, 3.05) is 0 Å². The van der Waals surface area contributed by atoms with Crippen molar-refractivity contribution < 1.29 is 9.90 Å². The SMILES string of the molecule is CC(C)Cc1nc(CC=S)nn1Cc1ccc(-c2ccccc2C(=O)O)cc1. The second-order valence-corrected chi connectivity index (χ2v) is 7.45. The number of carbonyl (C=O) groups is 1. The molecule has 1 aromatic heterocycles. The molecule has 0 amide bonds. The van der Waals surface area contributed by atoms with Crippen LogP contribution in [-0.4, -0.2) is 31.2 Å². The Bertz CT molecular complexity index is 978. The molecule has 0 aliphatic carbocycles. The van der Waals surface area contributed by atoms with E-state index in [9.17, 15) is 9.90 Å². The largest absolute Gasteiger partial charge is 0.478 e. The first-order valence-electron chi connectivity index (χ1n) is 9.25. The summed E-state index contributed by atoms with van der Waals surface area (Å²) < 4.78 is 1.94. The Kier molecular flexibility index (Phi) is 6.31. The molecular formula is C22H23N3O2S. The summed E-state index contributed by atoms with van der Waals surface area (Å²) in [5.74, 6) is 1.27. The van der Waals surface area contributed by atoms with E-state index in [1.807, 2.05) is 41.1 Å².